The molecular formula is C58H73N3O6. The first kappa shape index (κ1) is 51.9. The molecule has 356 valence electrons. The van der Waals surface area contributed by atoms with Gasteiger partial charge in [-0.15, -0.1) is 0 Å². The van der Waals surface area contributed by atoms with Crippen LogP contribution in [-0.2, 0) is 0 Å². The number of unbranched alkanes of at least 4 members (excludes halogenated alkanes) is 19. The van der Waals surface area contributed by atoms with Crippen molar-refractivity contribution in [1.82, 2.24) is 0 Å². The standard InChI is InChI=1S/C58H73N3O6/c1-3-5-7-9-11-13-15-17-19-20-22-43-64-53-37-27-48(28-38-53)57(62)66-55-39-29-49(30-40-55)58(63)67-56-26-24-25-47(45-56)46-59-50-31-33-51(34-32-50)60-61-52-35-41-54(42-36-52)65-44-23-21-18-16-14-12-10-8-6-4-2/h24-42,45-46H,3-23,43-44H2,1-2H3. The zero-order valence-electron chi connectivity index (χ0n) is 40.2. The lowest BCUT2D eigenvalue weighted by atomic mass is 10.1. The van der Waals surface area contributed by atoms with Gasteiger partial charge in [0.25, 0.3) is 0 Å². The van der Waals surface area contributed by atoms with Crippen LogP contribution < -0.4 is 18.9 Å². The van der Waals surface area contributed by atoms with Crippen molar-refractivity contribution in [1.29, 1.82) is 0 Å². The third-order valence-electron chi connectivity index (χ3n) is 11.6. The van der Waals surface area contributed by atoms with Crippen molar-refractivity contribution in [2.45, 2.75) is 149 Å². The fourth-order valence-electron chi connectivity index (χ4n) is 7.55. The minimum atomic E-state index is -0.538. The number of carbonyl (C=O) groups is 2. The molecule has 0 unspecified atom stereocenters. The lowest BCUT2D eigenvalue weighted by Gasteiger charge is -2.08. The van der Waals surface area contributed by atoms with Crippen LogP contribution in [0.25, 0.3) is 0 Å². The smallest absolute Gasteiger partial charge is 0.343 e. The van der Waals surface area contributed by atoms with Crippen molar-refractivity contribution in [2.75, 3.05) is 13.2 Å². The molecule has 5 aromatic carbocycles. The summed E-state index contributed by atoms with van der Waals surface area (Å²) in [6.45, 7) is 5.91. The van der Waals surface area contributed by atoms with Crippen molar-refractivity contribution in [3.63, 3.8) is 0 Å². The highest BCUT2D eigenvalue weighted by Crippen LogP contribution is 2.25. The zero-order chi connectivity index (χ0) is 47.0. The van der Waals surface area contributed by atoms with Gasteiger partial charge in [0.05, 0.1) is 41.4 Å². The average Bonchev–Trinajstić information content (AvgIpc) is 3.36. The summed E-state index contributed by atoms with van der Waals surface area (Å²) in [4.78, 5) is 30.4. The summed E-state index contributed by atoms with van der Waals surface area (Å²) in [6.07, 6.45) is 29.0. The molecule has 0 saturated heterocycles. The van der Waals surface area contributed by atoms with E-state index in [0.717, 1.165) is 47.9 Å². The normalized spacial score (nSPS) is 11.3. The number of rotatable bonds is 33. The van der Waals surface area contributed by atoms with Gasteiger partial charge in [0.1, 0.15) is 23.0 Å². The van der Waals surface area contributed by atoms with E-state index in [4.69, 9.17) is 18.9 Å². The van der Waals surface area contributed by atoms with Crippen LogP contribution in [0.15, 0.2) is 137 Å². The Kier molecular flexibility index (Phi) is 24.6. The molecule has 0 radical (unpaired) electrons. The molecular weight excluding hydrogens is 835 g/mol. The largest absolute Gasteiger partial charge is 0.494 e. The van der Waals surface area contributed by atoms with Gasteiger partial charge in [-0.25, -0.2) is 9.59 Å². The second-order valence-corrected chi connectivity index (χ2v) is 17.3. The number of ether oxygens (including phenoxy) is 4. The van der Waals surface area contributed by atoms with Crippen LogP contribution in [0.5, 0.6) is 23.0 Å². The first-order chi connectivity index (χ1) is 33.0. The highest BCUT2D eigenvalue weighted by atomic mass is 16.5. The third-order valence-corrected chi connectivity index (χ3v) is 11.6. The second kappa shape index (κ2) is 31.8. The Morgan fingerprint density at radius 2 is 0.776 bits per heavy atom. The van der Waals surface area contributed by atoms with Gasteiger partial charge >= 0.3 is 11.9 Å². The van der Waals surface area contributed by atoms with E-state index in [-0.39, 0.29) is 0 Å². The number of hydrogen-bond donors (Lipinski definition) is 0. The first-order valence-electron chi connectivity index (χ1n) is 25.1. The molecule has 0 aliphatic heterocycles. The van der Waals surface area contributed by atoms with Gasteiger partial charge in [-0.2, -0.15) is 10.2 Å². The van der Waals surface area contributed by atoms with E-state index >= 15 is 0 Å². The number of carbonyl (C=O) groups excluding carboxylic acids is 2. The SMILES string of the molecule is CCCCCCCCCCCCCOc1ccc(C(=O)Oc2ccc(C(=O)Oc3cccc(C=Nc4ccc(N=Nc5ccc(OCCCCCCCCCCCC)cc5)cc4)c3)cc2)cc1. The van der Waals surface area contributed by atoms with Crippen LogP contribution in [0.3, 0.4) is 0 Å². The van der Waals surface area contributed by atoms with Gasteiger partial charge < -0.3 is 18.9 Å². The van der Waals surface area contributed by atoms with Crippen LogP contribution in [0, 0.1) is 0 Å². The minimum Gasteiger partial charge on any atom is -0.494 e. The molecule has 0 aliphatic rings. The Labute approximate surface area is 400 Å². The Bertz CT molecular complexity index is 2180. The Morgan fingerprint density at radius 1 is 0.403 bits per heavy atom. The molecule has 0 heterocycles. The molecule has 67 heavy (non-hydrogen) atoms. The highest BCUT2D eigenvalue weighted by molar-refractivity contribution is 5.93. The molecule has 0 aromatic heterocycles. The van der Waals surface area contributed by atoms with E-state index in [9.17, 15) is 9.59 Å². The molecule has 5 rings (SSSR count). The number of aliphatic imine (C=N–C) groups is 1. The fraction of sp³-hybridized carbons (Fsp3) is 0.431. The molecule has 0 saturated carbocycles. The summed E-state index contributed by atoms with van der Waals surface area (Å²) in [7, 11) is 0. The van der Waals surface area contributed by atoms with Gasteiger partial charge in [-0.05, 0) is 128 Å². The zero-order valence-corrected chi connectivity index (χ0v) is 40.2. The number of esters is 2. The Balaban J connectivity index is 0.963. The topological polar surface area (TPSA) is 108 Å². The maximum absolute atomic E-state index is 13.0. The van der Waals surface area contributed by atoms with Crippen LogP contribution >= 0.6 is 0 Å². The van der Waals surface area contributed by atoms with E-state index in [0.29, 0.717) is 34.9 Å². The molecule has 0 atom stereocenters. The highest BCUT2D eigenvalue weighted by Gasteiger charge is 2.13. The van der Waals surface area contributed by atoms with Crippen molar-refractivity contribution in [3.8, 4) is 23.0 Å². The predicted octanol–water partition coefficient (Wildman–Crippen LogP) is 17.3. The number of azo groups is 1. The van der Waals surface area contributed by atoms with E-state index in [2.05, 4.69) is 29.1 Å². The number of nitrogens with zero attached hydrogens (tertiary/aromatic N) is 3. The molecule has 0 bridgehead atoms. The van der Waals surface area contributed by atoms with Gasteiger partial charge in [-0.1, -0.05) is 148 Å². The van der Waals surface area contributed by atoms with E-state index in [1.54, 1.807) is 72.9 Å². The number of benzene rings is 5. The van der Waals surface area contributed by atoms with E-state index in [1.807, 2.05) is 54.6 Å². The van der Waals surface area contributed by atoms with Crippen molar-refractivity contribution >= 4 is 35.2 Å². The molecule has 0 fully saturated rings. The summed E-state index contributed by atoms with van der Waals surface area (Å²) in [5.74, 6) is 1.24. The molecule has 0 N–H and O–H groups in total. The van der Waals surface area contributed by atoms with Crippen LogP contribution in [0.2, 0.25) is 0 Å². The summed E-state index contributed by atoms with van der Waals surface area (Å²) >= 11 is 0. The molecule has 0 spiro atoms. The summed E-state index contributed by atoms with van der Waals surface area (Å²) < 4.78 is 23.0. The quantitative estimate of drug-likeness (QED) is 0.0136. The average molecular weight is 908 g/mol. The maximum atomic E-state index is 13.0. The van der Waals surface area contributed by atoms with Crippen LogP contribution in [-0.4, -0.2) is 31.4 Å². The molecule has 9 heteroatoms. The van der Waals surface area contributed by atoms with E-state index < -0.39 is 11.9 Å². The second-order valence-electron chi connectivity index (χ2n) is 17.3. The van der Waals surface area contributed by atoms with Crippen molar-refractivity contribution in [3.05, 3.63) is 138 Å². The third kappa shape index (κ3) is 21.4. The maximum Gasteiger partial charge on any atom is 0.343 e. The van der Waals surface area contributed by atoms with Gasteiger partial charge in [0.2, 0.25) is 0 Å². The summed E-state index contributed by atoms with van der Waals surface area (Å²) in [5, 5.41) is 8.75. The molecule has 5 aromatic rings. The summed E-state index contributed by atoms with van der Waals surface area (Å²) in [5.41, 5.74) is 3.68. The summed E-state index contributed by atoms with van der Waals surface area (Å²) in [6, 6.07) is 35.5. The predicted molar refractivity (Wildman–Crippen MR) is 273 cm³/mol. The van der Waals surface area contributed by atoms with E-state index in [1.165, 1.54) is 122 Å². The minimum absolute atomic E-state index is 0.316. The van der Waals surface area contributed by atoms with Gasteiger partial charge in [-0.3, -0.25) is 4.99 Å². The molecule has 0 aliphatic carbocycles. The van der Waals surface area contributed by atoms with Crippen molar-refractivity contribution < 1.29 is 28.5 Å². The first-order valence-corrected chi connectivity index (χ1v) is 25.1. The lowest BCUT2D eigenvalue weighted by molar-refractivity contribution is 0.0730. The lowest BCUT2D eigenvalue weighted by Crippen LogP contribution is -2.10. The van der Waals surface area contributed by atoms with Crippen LogP contribution in [0.4, 0.5) is 17.1 Å². The van der Waals surface area contributed by atoms with Crippen LogP contribution in [0.1, 0.15) is 175 Å². The van der Waals surface area contributed by atoms with Gasteiger partial charge in [0.15, 0.2) is 0 Å². The van der Waals surface area contributed by atoms with Crippen molar-refractivity contribution in [2.24, 2.45) is 15.2 Å². The Morgan fingerprint density at radius 3 is 1.24 bits per heavy atom. The fourth-order valence-corrected chi connectivity index (χ4v) is 7.55. The van der Waals surface area contributed by atoms with Gasteiger partial charge in [0, 0.05) is 6.21 Å². The monoisotopic (exact) mass is 908 g/mol. The Hall–Kier alpha value is -6.09. The molecule has 0 amide bonds. The molecule has 9 nitrogen and oxygen atoms in total. The number of hydrogen-bond acceptors (Lipinski definition) is 9.